The van der Waals surface area contributed by atoms with Crippen molar-refractivity contribution in [2.24, 2.45) is 0 Å². The van der Waals surface area contributed by atoms with Gasteiger partial charge < -0.3 is 9.71 Å². The lowest BCUT2D eigenvalue weighted by molar-refractivity contribution is 0.590. The molecule has 12 rings (SSSR count). The van der Waals surface area contributed by atoms with Gasteiger partial charge in [0.05, 0.1) is 5.69 Å². The Morgan fingerprint density at radius 2 is 1.01 bits per heavy atom. The minimum Gasteiger partial charge on any atom is -0.376 e. The number of hydrogen-bond donors (Lipinski definition) is 0. The fourth-order valence-corrected chi connectivity index (χ4v) is 12.1. The summed E-state index contributed by atoms with van der Waals surface area (Å²) in [6, 6.07) is 72.0. The first-order valence-electron chi connectivity index (χ1n) is 25.2. The van der Waals surface area contributed by atoms with Crippen molar-refractivity contribution in [3.8, 4) is 55.6 Å². The van der Waals surface area contributed by atoms with E-state index in [0.29, 0.717) is 0 Å². The van der Waals surface area contributed by atoms with Crippen molar-refractivity contribution in [1.82, 2.24) is 0 Å². The predicted molar refractivity (Wildman–Crippen MR) is 301 cm³/mol. The molecule has 70 heavy (non-hydrogen) atoms. The highest BCUT2D eigenvalue weighted by atomic mass is 15.2. The summed E-state index contributed by atoms with van der Waals surface area (Å²) in [5.41, 5.74) is 28.9. The van der Waals surface area contributed by atoms with Gasteiger partial charge in [-0.3, -0.25) is 0 Å². The Labute approximate surface area is 416 Å². The number of hydrogen-bond acceptors (Lipinski definition) is 2. The Morgan fingerprint density at radius 1 is 0.400 bits per heavy atom. The predicted octanol–water partition coefficient (Wildman–Crippen LogP) is 16.9. The first-order chi connectivity index (χ1) is 33.6. The highest BCUT2D eigenvalue weighted by molar-refractivity contribution is 6.93. The zero-order valence-electron chi connectivity index (χ0n) is 42.4. The second kappa shape index (κ2) is 15.8. The molecular formula is C67H61BN2. The first-order valence-corrected chi connectivity index (χ1v) is 25.2. The molecule has 0 spiro atoms. The molecule has 0 amide bonds. The van der Waals surface area contributed by atoms with E-state index in [4.69, 9.17) is 0 Å². The quantitative estimate of drug-likeness (QED) is 0.159. The van der Waals surface area contributed by atoms with E-state index in [1.807, 2.05) is 0 Å². The molecule has 3 heteroatoms. The van der Waals surface area contributed by atoms with Gasteiger partial charge >= 0.3 is 6.85 Å². The van der Waals surface area contributed by atoms with E-state index in [9.17, 15) is 0 Å². The summed E-state index contributed by atoms with van der Waals surface area (Å²) >= 11 is 0. The number of nitrogens with zero attached hydrogens (tertiary/aromatic N) is 2. The lowest BCUT2D eigenvalue weighted by Crippen LogP contribution is -2.61. The van der Waals surface area contributed by atoms with Crippen LogP contribution in [0.25, 0.3) is 55.6 Å². The highest BCUT2D eigenvalue weighted by Gasteiger charge is 2.48. The lowest BCUT2D eigenvalue weighted by Gasteiger charge is -2.47. The average Bonchev–Trinajstić information content (AvgIpc) is 3.57. The maximum absolute atomic E-state index is 2.68. The van der Waals surface area contributed by atoms with Gasteiger partial charge in [0, 0.05) is 39.3 Å². The van der Waals surface area contributed by atoms with Crippen LogP contribution in [0.4, 0.5) is 28.4 Å². The third kappa shape index (κ3) is 6.84. The third-order valence-electron chi connectivity index (χ3n) is 15.8. The van der Waals surface area contributed by atoms with Gasteiger partial charge in [-0.05, 0) is 168 Å². The van der Waals surface area contributed by atoms with Crippen LogP contribution in [-0.4, -0.2) is 6.85 Å². The van der Waals surface area contributed by atoms with Crippen molar-refractivity contribution in [1.29, 1.82) is 0 Å². The summed E-state index contributed by atoms with van der Waals surface area (Å²) in [6.07, 6.45) is 0. The number of rotatable bonds is 5. The fraction of sp³-hybridized carbons (Fsp3) is 0.194. The summed E-state index contributed by atoms with van der Waals surface area (Å²) in [5, 5.41) is 0. The molecule has 0 saturated heterocycles. The smallest absolute Gasteiger partial charge is 0.333 e. The zero-order chi connectivity index (χ0) is 48.4. The summed E-state index contributed by atoms with van der Waals surface area (Å²) in [7, 11) is 0. The molecule has 2 heterocycles. The molecule has 0 unspecified atom stereocenters. The van der Waals surface area contributed by atoms with Crippen molar-refractivity contribution in [3.05, 3.63) is 221 Å². The minimum absolute atomic E-state index is 0.0183. The maximum Gasteiger partial charge on any atom is 0.333 e. The number of anilines is 5. The van der Waals surface area contributed by atoms with Crippen LogP contribution in [0.1, 0.15) is 88.8 Å². The molecule has 0 saturated carbocycles. The minimum atomic E-state index is -0.202. The Balaban J connectivity index is 1.25. The fourth-order valence-electron chi connectivity index (χ4n) is 12.1. The van der Waals surface area contributed by atoms with Gasteiger partial charge in [0.2, 0.25) is 0 Å². The molecule has 9 aromatic carbocycles. The summed E-state index contributed by atoms with van der Waals surface area (Å²) in [6.45, 7) is 23.1. The molecule has 2 nitrogen and oxygen atoms in total. The van der Waals surface area contributed by atoms with E-state index in [0.717, 1.165) is 0 Å². The Hall–Kier alpha value is -7.36. The largest absolute Gasteiger partial charge is 0.376 e. The van der Waals surface area contributed by atoms with Crippen LogP contribution in [0.3, 0.4) is 0 Å². The molecule has 3 aliphatic rings. The van der Waals surface area contributed by atoms with E-state index in [1.165, 1.54) is 128 Å². The maximum atomic E-state index is 2.68. The number of benzene rings is 9. The molecule has 2 aliphatic heterocycles. The van der Waals surface area contributed by atoms with E-state index in [2.05, 4.69) is 267 Å². The van der Waals surface area contributed by atoms with Crippen LogP contribution in [0.2, 0.25) is 0 Å². The second-order valence-electron chi connectivity index (χ2n) is 22.7. The Bertz CT molecular complexity index is 3530. The second-order valence-corrected chi connectivity index (χ2v) is 22.7. The summed E-state index contributed by atoms with van der Waals surface area (Å²) in [4.78, 5) is 5.35. The Kier molecular flexibility index (Phi) is 9.93. The van der Waals surface area contributed by atoms with Crippen LogP contribution in [0.15, 0.2) is 188 Å². The molecule has 0 radical (unpaired) electrons. The molecule has 0 atom stereocenters. The standard InChI is InChI=1S/C67H61BN2/c1-42-20-19-21-43(2)63(42)47-37-55-54-36-46(44-22-13-11-14-23-44)28-34-60(54)70(50-32-29-48(30-33-50)65(3,4)5)68-58-40-53-51-26-17-18-27-56(51)67(9,10)57(53)41-61(58)69(62(38-47)64(55)68)59-35-31-49(66(6,7)8)39-52(59)45-24-15-12-16-25-45/h11-41H,1-10H3. The topological polar surface area (TPSA) is 6.48 Å². The monoisotopic (exact) mass is 904 g/mol. The van der Waals surface area contributed by atoms with E-state index < -0.39 is 0 Å². The van der Waals surface area contributed by atoms with E-state index in [1.54, 1.807) is 0 Å². The van der Waals surface area contributed by atoms with Crippen LogP contribution in [-0.2, 0) is 16.2 Å². The average molecular weight is 905 g/mol. The normalized spacial score (nSPS) is 14.2. The third-order valence-corrected chi connectivity index (χ3v) is 15.8. The van der Waals surface area contributed by atoms with Gasteiger partial charge in [-0.15, -0.1) is 0 Å². The van der Waals surface area contributed by atoms with Crippen molar-refractivity contribution in [2.75, 3.05) is 9.71 Å². The van der Waals surface area contributed by atoms with Gasteiger partial charge in [0.25, 0.3) is 0 Å². The molecule has 9 aromatic rings. The van der Waals surface area contributed by atoms with Crippen molar-refractivity contribution in [3.63, 3.8) is 0 Å². The lowest BCUT2D eigenvalue weighted by atomic mass is 9.43. The first kappa shape index (κ1) is 43.9. The van der Waals surface area contributed by atoms with E-state index in [-0.39, 0.29) is 23.1 Å². The van der Waals surface area contributed by atoms with Gasteiger partial charge in [-0.2, -0.15) is 0 Å². The van der Waals surface area contributed by atoms with Crippen molar-refractivity contribution >= 4 is 46.2 Å². The summed E-state index contributed by atoms with van der Waals surface area (Å²) < 4.78 is 0. The van der Waals surface area contributed by atoms with Gasteiger partial charge in [0.1, 0.15) is 0 Å². The zero-order valence-corrected chi connectivity index (χ0v) is 42.4. The molecule has 0 fully saturated rings. The number of aryl methyl sites for hydroxylation is 2. The molecule has 0 N–H and O–H groups in total. The number of fused-ring (bicyclic) bond motifs is 7. The van der Waals surface area contributed by atoms with E-state index >= 15 is 0 Å². The molecule has 342 valence electrons. The van der Waals surface area contributed by atoms with Crippen LogP contribution in [0.5, 0.6) is 0 Å². The molecule has 0 aromatic heterocycles. The van der Waals surface area contributed by atoms with Gasteiger partial charge in [-0.1, -0.05) is 189 Å². The molecule has 0 bridgehead atoms. The van der Waals surface area contributed by atoms with Crippen LogP contribution < -0.4 is 20.6 Å². The van der Waals surface area contributed by atoms with Crippen molar-refractivity contribution in [2.45, 2.75) is 85.5 Å². The van der Waals surface area contributed by atoms with Gasteiger partial charge in [-0.25, -0.2) is 0 Å². The molecule has 1 aliphatic carbocycles. The van der Waals surface area contributed by atoms with Gasteiger partial charge in [0.15, 0.2) is 0 Å². The van der Waals surface area contributed by atoms with Crippen LogP contribution >= 0.6 is 0 Å². The summed E-state index contributed by atoms with van der Waals surface area (Å²) in [5.74, 6) is 0. The highest BCUT2D eigenvalue weighted by Crippen LogP contribution is 2.55. The van der Waals surface area contributed by atoms with Crippen molar-refractivity contribution < 1.29 is 0 Å². The molecular weight excluding hydrogens is 844 g/mol. The Morgan fingerprint density at radius 3 is 1.70 bits per heavy atom. The SMILES string of the molecule is Cc1cccc(C)c1-c1cc2c3c(c1)N(c1ccc(C(C)(C)C)cc1-c1ccccc1)c1cc4c(cc1B3N(c1ccc(C(C)(C)C)cc1)c1ccc(-c3ccccc3)cc1-2)-c1ccccc1C4(C)C. The van der Waals surface area contributed by atoms with Crippen LogP contribution in [0, 0.1) is 13.8 Å².